The van der Waals surface area contributed by atoms with E-state index in [-0.39, 0.29) is 23.0 Å². The van der Waals surface area contributed by atoms with Crippen LogP contribution in [0.3, 0.4) is 0 Å². The van der Waals surface area contributed by atoms with Crippen molar-refractivity contribution in [2.24, 2.45) is 0 Å². The van der Waals surface area contributed by atoms with Gasteiger partial charge in [0.2, 0.25) is 11.8 Å². The molecular formula is C35H26FN5O4S. The maximum atomic E-state index is 13.7. The van der Waals surface area contributed by atoms with Gasteiger partial charge in [0.15, 0.2) is 11.0 Å². The largest absolute Gasteiger partial charge is 0.497 e. The van der Waals surface area contributed by atoms with Crippen molar-refractivity contribution in [1.29, 1.82) is 5.26 Å². The van der Waals surface area contributed by atoms with Crippen LogP contribution >= 0.6 is 11.8 Å². The van der Waals surface area contributed by atoms with Crippen LogP contribution < -0.4 is 14.8 Å². The number of carbonyl (C=O) groups excluding carboxylic acids is 1. The second-order valence-corrected chi connectivity index (χ2v) is 10.8. The number of hydrogen-bond acceptors (Lipinski definition) is 8. The molecule has 6 aromatic rings. The zero-order chi connectivity index (χ0) is 32.0. The molecule has 1 amide bonds. The van der Waals surface area contributed by atoms with E-state index < -0.39 is 5.91 Å². The Morgan fingerprint density at radius 3 is 2.11 bits per heavy atom. The van der Waals surface area contributed by atoms with Gasteiger partial charge in [0.1, 0.15) is 34.7 Å². The molecule has 2 aromatic heterocycles. The minimum atomic E-state index is -0.423. The first kappa shape index (κ1) is 30.2. The number of halogens is 1. The van der Waals surface area contributed by atoms with Gasteiger partial charge in [0.05, 0.1) is 20.0 Å². The van der Waals surface area contributed by atoms with E-state index in [4.69, 9.17) is 13.9 Å². The lowest BCUT2D eigenvalue weighted by molar-refractivity contribution is -0.113. The molecule has 1 N–H and O–H groups in total. The van der Waals surface area contributed by atoms with Gasteiger partial charge in [-0.15, -0.1) is 10.2 Å². The topological polar surface area (TPSA) is 115 Å². The second kappa shape index (κ2) is 13.4. The van der Waals surface area contributed by atoms with E-state index in [0.717, 1.165) is 17.3 Å². The molecule has 228 valence electrons. The van der Waals surface area contributed by atoms with Gasteiger partial charge in [-0.1, -0.05) is 54.2 Å². The summed E-state index contributed by atoms with van der Waals surface area (Å²) in [4.78, 5) is 13.3. The summed E-state index contributed by atoms with van der Waals surface area (Å²) in [6, 6.07) is 32.1. The Labute approximate surface area is 268 Å². The minimum Gasteiger partial charge on any atom is -0.497 e. The quantitative estimate of drug-likeness (QED) is 0.154. The average molecular weight is 632 g/mol. The molecular weight excluding hydrogens is 605 g/mol. The smallest absolute Gasteiger partial charge is 0.237 e. The van der Waals surface area contributed by atoms with Crippen molar-refractivity contribution in [3.8, 4) is 57.1 Å². The Kier molecular flexibility index (Phi) is 8.80. The Morgan fingerprint density at radius 1 is 0.870 bits per heavy atom. The molecule has 0 saturated heterocycles. The Hall–Kier alpha value is -5.86. The minimum absolute atomic E-state index is 0.0229. The molecule has 11 heteroatoms. The molecule has 0 saturated carbocycles. The van der Waals surface area contributed by atoms with E-state index in [2.05, 4.69) is 21.6 Å². The van der Waals surface area contributed by atoms with Crippen LogP contribution in [0, 0.1) is 17.1 Å². The normalized spacial score (nSPS) is 10.7. The second-order valence-electron chi connectivity index (χ2n) is 9.90. The summed E-state index contributed by atoms with van der Waals surface area (Å²) in [5, 5.41) is 22.2. The van der Waals surface area contributed by atoms with Crippen LogP contribution in [-0.4, -0.2) is 40.6 Å². The summed E-state index contributed by atoms with van der Waals surface area (Å²) in [5.41, 5.74) is 3.56. The summed E-state index contributed by atoms with van der Waals surface area (Å²) < 4.78 is 32.3. The van der Waals surface area contributed by atoms with Crippen molar-refractivity contribution in [2.75, 3.05) is 25.3 Å². The third-order valence-corrected chi connectivity index (χ3v) is 8.02. The first-order valence-corrected chi connectivity index (χ1v) is 15.0. The number of aromatic nitrogens is 3. The van der Waals surface area contributed by atoms with Gasteiger partial charge in [-0.05, 0) is 66.2 Å². The fourth-order valence-corrected chi connectivity index (χ4v) is 5.61. The lowest BCUT2D eigenvalue weighted by atomic mass is 9.98. The number of benzene rings is 4. The van der Waals surface area contributed by atoms with Crippen molar-refractivity contribution in [3.05, 3.63) is 115 Å². The van der Waals surface area contributed by atoms with Crippen molar-refractivity contribution in [3.63, 3.8) is 0 Å². The number of hydrogen-bond donors (Lipinski definition) is 1. The number of thioether (sulfide) groups is 1. The molecule has 0 aliphatic heterocycles. The Morgan fingerprint density at radius 2 is 1.50 bits per heavy atom. The summed E-state index contributed by atoms with van der Waals surface area (Å²) in [7, 11) is 3.15. The van der Waals surface area contributed by atoms with Gasteiger partial charge in [0, 0.05) is 22.4 Å². The number of nitriles is 1. The van der Waals surface area contributed by atoms with E-state index in [9.17, 15) is 14.4 Å². The van der Waals surface area contributed by atoms with Gasteiger partial charge in [-0.25, -0.2) is 4.39 Å². The fraction of sp³-hybridized carbons (Fsp3) is 0.0857. The number of furan rings is 1. The van der Waals surface area contributed by atoms with E-state index in [1.807, 2.05) is 54.6 Å². The van der Waals surface area contributed by atoms with Gasteiger partial charge in [-0.2, -0.15) is 5.26 Å². The molecule has 0 aliphatic rings. The van der Waals surface area contributed by atoms with E-state index in [1.165, 1.54) is 12.1 Å². The fourth-order valence-electron chi connectivity index (χ4n) is 4.86. The molecule has 2 heterocycles. The number of methoxy groups -OCH3 is 2. The predicted octanol–water partition coefficient (Wildman–Crippen LogP) is 7.62. The molecule has 0 atom stereocenters. The van der Waals surface area contributed by atoms with Crippen molar-refractivity contribution < 1.29 is 23.1 Å². The summed E-state index contributed by atoms with van der Waals surface area (Å²) in [6.45, 7) is 0. The molecule has 0 radical (unpaired) electrons. The highest BCUT2D eigenvalue weighted by Gasteiger charge is 2.25. The van der Waals surface area contributed by atoms with Crippen LogP contribution in [0.2, 0.25) is 0 Å². The van der Waals surface area contributed by atoms with Gasteiger partial charge >= 0.3 is 0 Å². The lowest BCUT2D eigenvalue weighted by Crippen LogP contribution is -2.15. The molecule has 0 spiro atoms. The highest BCUT2D eigenvalue weighted by molar-refractivity contribution is 7.99. The van der Waals surface area contributed by atoms with Crippen LogP contribution in [0.5, 0.6) is 11.5 Å². The van der Waals surface area contributed by atoms with Crippen LogP contribution in [0.15, 0.2) is 113 Å². The molecule has 0 bridgehead atoms. The molecule has 0 aliphatic carbocycles. The highest BCUT2D eigenvalue weighted by Crippen LogP contribution is 2.42. The van der Waals surface area contributed by atoms with Crippen LogP contribution in [-0.2, 0) is 4.79 Å². The zero-order valence-corrected chi connectivity index (χ0v) is 25.5. The Bertz CT molecular complexity index is 2020. The third-order valence-electron chi connectivity index (χ3n) is 7.09. The number of ether oxygens (including phenoxy) is 2. The molecule has 9 nitrogen and oxygen atoms in total. The monoisotopic (exact) mass is 631 g/mol. The molecule has 6 rings (SSSR count). The average Bonchev–Trinajstić information content (AvgIpc) is 3.69. The maximum absolute atomic E-state index is 13.7. The SMILES string of the molecule is COc1ccc(-c2oc(NC(=O)CSc3nnc(-c4ccccc4)n3-c3ccc(F)cc3)c(C#N)c2-c2ccc(OC)cc2)cc1. The predicted molar refractivity (Wildman–Crippen MR) is 174 cm³/mol. The number of anilines is 1. The first-order chi connectivity index (χ1) is 22.5. The molecule has 0 unspecified atom stereocenters. The van der Waals surface area contributed by atoms with Crippen LogP contribution in [0.25, 0.3) is 39.5 Å². The number of rotatable bonds is 10. The highest BCUT2D eigenvalue weighted by atomic mass is 32.2. The van der Waals surface area contributed by atoms with E-state index >= 15 is 0 Å². The van der Waals surface area contributed by atoms with Gasteiger partial charge in [-0.3, -0.25) is 14.7 Å². The standard InChI is InChI=1S/C35H26FN5O4S/c1-43-27-16-8-22(9-17-27)31-29(20-37)34(45-32(31)23-10-18-28(44-2)19-11-23)38-30(42)21-46-35-40-39-33(24-6-4-3-5-7-24)41(35)26-14-12-25(36)13-15-26/h3-19H,21H2,1-2H3,(H,38,42). The Balaban J connectivity index is 1.31. The van der Waals surface area contributed by atoms with Crippen molar-refractivity contribution in [1.82, 2.24) is 14.8 Å². The zero-order valence-electron chi connectivity index (χ0n) is 24.7. The van der Waals surface area contributed by atoms with Crippen molar-refractivity contribution in [2.45, 2.75) is 5.16 Å². The first-order valence-electron chi connectivity index (χ1n) is 14.0. The number of amides is 1. The maximum Gasteiger partial charge on any atom is 0.237 e. The number of carbonyl (C=O) groups is 1. The van der Waals surface area contributed by atoms with Crippen molar-refractivity contribution >= 4 is 23.6 Å². The molecule has 4 aromatic carbocycles. The lowest BCUT2D eigenvalue weighted by Gasteiger charge is -2.10. The molecule has 46 heavy (non-hydrogen) atoms. The number of nitrogens with one attached hydrogen (secondary N) is 1. The van der Waals surface area contributed by atoms with E-state index in [1.54, 1.807) is 55.2 Å². The van der Waals surface area contributed by atoms with Gasteiger partial charge in [0.25, 0.3) is 0 Å². The molecule has 0 fully saturated rings. The van der Waals surface area contributed by atoms with Gasteiger partial charge < -0.3 is 13.9 Å². The summed E-state index contributed by atoms with van der Waals surface area (Å²) in [6.07, 6.45) is 0. The van der Waals surface area contributed by atoms with Crippen LogP contribution in [0.1, 0.15) is 5.56 Å². The third kappa shape index (κ3) is 6.20. The van der Waals surface area contributed by atoms with E-state index in [0.29, 0.717) is 50.6 Å². The summed E-state index contributed by atoms with van der Waals surface area (Å²) >= 11 is 1.15. The van der Waals surface area contributed by atoms with Crippen LogP contribution in [0.4, 0.5) is 10.3 Å². The summed E-state index contributed by atoms with van der Waals surface area (Å²) in [5.74, 6) is 1.43. The number of nitrogens with zero attached hydrogens (tertiary/aromatic N) is 4.